The molecule has 1 saturated heterocycles. The van der Waals surface area contributed by atoms with E-state index < -0.39 is 11.0 Å². The molecule has 1 fully saturated rings. The first-order valence-electron chi connectivity index (χ1n) is 7.30. The Morgan fingerprint density at radius 2 is 2.39 bits per heavy atom. The second-order valence-electron chi connectivity index (χ2n) is 5.09. The van der Waals surface area contributed by atoms with Gasteiger partial charge < -0.3 is 5.32 Å². The molecule has 3 rings (SSSR count). The fourth-order valence-corrected chi connectivity index (χ4v) is 3.29. The Morgan fingerprint density at radius 1 is 1.57 bits per heavy atom. The van der Waals surface area contributed by atoms with E-state index in [2.05, 4.69) is 15.4 Å². The Balaban J connectivity index is 1.75. The van der Waals surface area contributed by atoms with Gasteiger partial charge >= 0.3 is 5.00 Å². The first-order valence-corrected chi connectivity index (χ1v) is 8.11. The van der Waals surface area contributed by atoms with E-state index in [0.717, 1.165) is 23.6 Å². The number of nitro groups is 1. The number of carbonyl (C=O) groups excluding carboxylic acids is 1. The lowest BCUT2D eigenvalue weighted by atomic mass is 10.1. The van der Waals surface area contributed by atoms with Crippen LogP contribution in [-0.4, -0.2) is 38.2 Å². The second kappa shape index (κ2) is 6.32. The Hall–Kier alpha value is -2.49. The molecular weight excluding hydrogens is 320 g/mol. The maximum absolute atomic E-state index is 12.7. The highest BCUT2D eigenvalue weighted by Gasteiger charge is 2.32. The minimum Gasteiger partial charge on any atom is -0.350 e. The molecule has 10 heteroatoms. The average Bonchev–Trinajstić information content (AvgIpc) is 3.18. The topological polar surface area (TPSA) is 106 Å². The number of anilines is 2. The van der Waals surface area contributed by atoms with E-state index in [4.69, 9.17) is 0 Å². The summed E-state index contributed by atoms with van der Waals surface area (Å²) < 4.78 is 1.77. The lowest BCUT2D eigenvalue weighted by molar-refractivity contribution is -0.380. The minimum absolute atomic E-state index is 0.0447. The van der Waals surface area contributed by atoms with Gasteiger partial charge in [0.25, 0.3) is 5.91 Å². The molecule has 3 heterocycles. The van der Waals surface area contributed by atoms with E-state index in [0.29, 0.717) is 24.6 Å². The summed E-state index contributed by atoms with van der Waals surface area (Å²) in [6.45, 7) is 3.29. The summed E-state index contributed by atoms with van der Waals surface area (Å²) in [5, 5.41) is 18.3. The lowest BCUT2D eigenvalue weighted by Crippen LogP contribution is -2.48. The van der Waals surface area contributed by atoms with Crippen molar-refractivity contribution in [3.05, 3.63) is 28.6 Å². The average molecular weight is 336 g/mol. The zero-order chi connectivity index (χ0) is 16.4. The third-order valence-corrected chi connectivity index (χ3v) is 4.56. The number of nitrogens with one attached hydrogen (secondary N) is 1. The lowest BCUT2D eigenvalue weighted by Gasteiger charge is -2.32. The number of nitrogens with zero attached hydrogens (tertiary/aromatic N) is 5. The van der Waals surface area contributed by atoms with Crippen molar-refractivity contribution in [2.45, 2.75) is 32.4 Å². The molecule has 1 atom stereocenters. The number of amides is 1. The van der Waals surface area contributed by atoms with Crippen molar-refractivity contribution in [1.29, 1.82) is 0 Å². The standard InChI is InChI=1S/C13H16N6O3S/c1-2-18-10(5-6-15-18)17-7-3-4-9(12(17)20)16-13-14-8-11(23-13)19(21)22/h5-6,8-9H,2-4,7H2,1H3,(H,14,16)/t9-/m1/s1. The fourth-order valence-electron chi connectivity index (χ4n) is 2.60. The van der Waals surface area contributed by atoms with Crippen molar-refractivity contribution in [2.24, 2.45) is 0 Å². The number of aromatic nitrogens is 3. The molecule has 2 aromatic rings. The van der Waals surface area contributed by atoms with Gasteiger partial charge in [0.2, 0.25) is 0 Å². The third kappa shape index (κ3) is 3.02. The number of carbonyl (C=O) groups is 1. The Kier molecular flexibility index (Phi) is 4.24. The number of hydrogen-bond donors (Lipinski definition) is 1. The van der Waals surface area contributed by atoms with Crippen LogP contribution in [0.25, 0.3) is 0 Å². The van der Waals surface area contributed by atoms with Crippen molar-refractivity contribution >= 4 is 33.2 Å². The summed E-state index contributed by atoms with van der Waals surface area (Å²) in [4.78, 5) is 28.6. The van der Waals surface area contributed by atoms with Crippen LogP contribution in [-0.2, 0) is 11.3 Å². The normalized spacial score (nSPS) is 18.2. The monoisotopic (exact) mass is 336 g/mol. The van der Waals surface area contributed by atoms with Gasteiger partial charge in [-0.3, -0.25) is 19.8 Å². The molecule has 0 saturated carbocycles. The fraction of sp³-hybridized carbons (Fsp3) is 0.462. The van der Waals surface area contributed by atoms with Crippen LogP contribution in [0.3, 0.4) is 0 Å². The summed E-state index contributed by atoms with van der Waals surface area (Å²) in [6, 6.07) is 1.38. The highest BCUT2D eigenvalue weighted by Crippen LogP contribution is 2.28. The Morgan fingerprint density at radius 3 is 3.09 bits per heavy atom. The van der Waals surface area contributed by atoms with Gasteiger partial charge in [-0.2, -0.15) is 5.10 Å². The number of aryl methyl sites for hydroxylation is 1. The van der Waals surface area contributed by atoms with E-state index in [-0.39, 0.29) is 10.9 Å². The van der Waals surface area contributed by atoms with Crippen LogP contribution in [0.4, 0.5) is 16.0 Å². The minimum atomic E-state index is -0.488. The van der Waals surface area contributed by atoms with Crippen molar-refractivity contribution in [2.75, 3.05) is 16.8 Å². The van der Waals surface area contributed by atoms with Gasteiger partial charge in [-0.05, 0) is 31.1 Å². The summed E-state index contributed by atoms with van der Waals surface area (Å²) >= 11 is 0.933. The molecule has 122 valence electrons. The second-order valence-corrected chi connectivity index (χ2v) is 6.10. The quantitative estimate of drug-likeness (QED) is 0.660. The van der Waals surface area contributed by atoms with E-state index in [1.54, 1.807) is 15.8 Å². The molecule has 1 amide bonds. The highest BCUT2D eigenvalue weighted by molar-refractivity contribution is 7.18. The van der Waals surface area contributed by atoms with Crippen LogP contribution in [0.15, 0.2) is 18.5 Å². The zero-order valence-corrected chi connectivity index (χ0v) is 13.3. The molecule has 1 N–H and O–H groups in total. The van der Waals surface area contributed by atoms with Gasteiger partial charge in [-0.15, -0.1) is 0 Å². The summed E-state index contributed by atoms with van der Waals surface area (Å²) in [5.41, 5.74) is 0. The summed E-state index contributed by atoms with van der Waals surface area (Å²) in [7, 11) is 0. The molecule has 0 unspecified atom stereocenters. The first kappa shape index (κ1) is 15.4. The van der Waals surface area contributed by atoms with Crippen molar-refractivity contribution in [1.82, 2.24) is 14.8 Å². The van der Waals surface area contributed by atoms with E-state index in [1.165, 1.54) is 6.20 Å². The van der Waals surface area contributed by atoms with Gasteiger partial charge in [0.15, 0.2) is 5.13 Å². The number of hydrogen-bond acceptors (Lipinski definition) is 7. The highest BCUT2D eigenvalue weighted by atomic mass is 32.1. The van der Waals surface area contributed by atoms with Gasteiger partial charge in [-0.25, -0.2) is 9.67 Å². The molecule has 9 nitrogen and oxygen atoms in total. The molecule has 0 bridgehead atoms. The van der Waals surface area contributed by atoms with Gasteiger partial charge in [0.05, 0.1) is 11.1 Å². The maximum atomic E-state index is 12.7. The van der Waals surface area contributed by atoms with Crippen LogP contribution in [0, 0.1) is 10.1 Å². The van der Waals surface area contributed by atoms with Gasteiger partial charge in [0.1, 0.15) is 18.1 Å². The molecular formula is C13H16N6O3S. The number of thiazole rings is 1. The molecule has 0 radical (unpaired) electrons. The third-order valence-electron chi connectivity index (χ3n) is 3.68. The maximum Gasteiger partial charge on any atom is 0.345 e. The zero-order valence-electron chi connectivity index (χ0n) is 12.5. The van der Waals surface area contributed by atoms with Gasteiger partial charge in [-0.1, -0.05) is 0 Å². The number of rotatable bonds is 5. The van der Waals surface area contributed by atoms with Crippen molar-refractivity contribution in [3.8, 4) is 0 Å². The predicted octanol–water partition coefficient (Wildman–Crippen LogP) is 1.88. The molecule has 2 aromatic heterocycles. The summed E-state index contributed by atoms with van der Waals surface area (Å²) in [5.74, 6) is 0.707. The summed E-state index contributed by atoms with van der Waals surface area (Å²) in [6.07, 6.45) is 4.38. The first-order chi connectivity index (χ1) is 11.1. The van der Waals surface area contributed by atoms with Crippen molar-refractivity contribution < 1.29 is 9.72 Å². The Labute approximate surface area is 136 Å². The molecule has 0 aromatic carbocycles. The van der Waals surface area contributed by atoms with Crippen LogP contribution >= 0.6 is 11.3 Å². The molecule has 1 aliphatic rings. The SMILES string of the molecule is CCn1nccc1N1CCC[C@@H](Nc2ncc([N+](=O)[O-])s2)C1=O. The predicted molar refractivity (Wildman–Crippen MR) is 85.7 cm³/mol. The largest absolute Gasteiger partial charge is 0.350 e. The van der Waals surface area contributed by atoms with Crippen LogP contribution in [0.2, 0.25) is 0 Å². The van der Waals surface area contributed by atoms with E-state index in [9.17, 15) is 14.9 Å². The molecule has 0 aliphatic carbocycles. The molecule has 0 spiro atoms. The molecule has 23 heavy (non-hydrogen) atoms. The molecule has 1 aliphatic heterocycles. The van der Waals surface area contributed by atoms with Crippen molar-refractivity contribution in [3.63, 3.8) is 0 Å². The van der Waals surface area contributed by atoms with Crippen LogP contribution in [0.5, 0.6) is 0 Å². The Bertz CT molecular complexity index is 727. The smallest absolute Gasteiger partial charge is 0.345 e. The number of piperidine rings is 1. The van der Waals surface area contributed by atoms with E-state index >= 15 is 0 Å². The van der Waals surface area contributed by atoms with E-state index in [1.807, 2.05) is 13.0 Å². The van der Waals surface area contributed by atoms with Crippen LogP contribution < -0.4 is 10.2 Å². The van der Waals surface area contributed by atoms with Gasteiger partial charge in [0, 0.05) is 19.2 Å². The van der Waals surface area contributed by atoms with Crippen LogP contribution in [0.1, 0.15) is 19.8 Å².